The largest absolute Gasteiger partial charge is 0.318 e. The molecule has 0 spiro atoms. The zero-order valence-electron chi connectivity index (χ0n) is 18.2. The van der Waals surface area contributed by atoms with Gasteiger partial charge in [-0.25, -0.2) is 4.68 Å². The van der Waals surface area contributed by atoms with Crippen molar-refractivity contribution in [1.29, 1.82) is 0 Å². The van der Waals surface area contributed by atoms with Crippen molar-refractivity contribution in [1.82, 2.24) is 29.3 Å². The van der Waals surface area contributed by atoms with E-state index >= 15 is 0 Å². The molecule has 0 saturated carbocycles. The normalized spacial score (nSPS) is 11.2. The number of nitrogens with one attached hydrogen (secondary N) is 1. The van der Waals surface area contributed by atoms with Gasteiger partial charge in [-0.1, -0.05) is 42.5 Å². The molecular formula is C24H22BrN7O. The van der Waals surface area contributed by atoms with Crippen molar-refractivity contribution < 1.29 is 4.79 Å². The van der Waals surface area contributed by atoms with Crippen molar-refractivity contribution in [2.75, 3.05) is 5.32 Å². The average molecular weight is 504 g/mol. The number of aromatic nitrogens is 6. The van der Waals surface area contributed by atoms with Crippen LogP contribution in [0.5, 0.6) is 0 Å². The van der Waals surface area contributed by atoms with Crippen LogP contribution in [0.4, 0.5) is 5.69 Å². The minimum atomic E-state index is -0.284. The lowest BCUT2D eigenvalue weighted by molar-refractivity contribution is 0.102. The number of hydrogen-bond donors (Lipinski definition) is 1. The van der Waals surface area contributed by atoms with Gasteiger partial charge in [0, 0.05) is 12.4 Å². The Balaban J connectivity index is 1.26. The third-order valence-electron chi connectivity index (χ3n) is 5.55. The molecule has 0 aliphatic heterocycles. The fraction of sp³-hybridized carbons (Fsp3) is 0.167. The highest BCUT2D eigenvalue weighted by molar-refractivity contribution is 9.10. The first-order valence-electron chi connectivity index (χ1n) is 10.5. The van der Waals surface area contributed by atoms with Gasteiger partial charge in [-0.2, -0.15) is 15.3 Å². The number of carbonyl (C=O) groups is 1. The Morgan fingerprint density at radius 1 is 1.03 bits per heavy atom. The van der Waals surface area contributed by atoms with Crippen LogP contribution in [0.25, 0.3) is 10.8 Å². The van der Waals surface area contributed by atoms with E-state index in [1.807, 2.05) is 47.6 Å². The third-order valence-corrected chi connectivity index (χ3v) is 6.70. The van der Waals surface area contributed by atoms with Crippen molar-refractivity contribution in [3.8, 4) is 0 Å². The van der Waals surface area contributed by atoms with Crippen LogP contribution in [-0.2, 0) is 13.2 Å². The van der Waals surface area contributed by atoms with E-state index in [1.165, 1.54) is 16.3 Å². The van der Waals surface area contributed by atoms with Crippen LogP contribution < -0.4 is 5.32 Å². The molecule has 0 bridgehead atoms. The SMILES string of the molecule is Cc1nn(Cn2ccc(C(=O)Nc3cnn(Cc4cccc5ccccc45)c3)n2)c(C)c1Br. The van der Waals surface area contributed by atoms with E-state index < -0.39 is 0 Å². The lowest BCUT2D eigenvalue weighted by Gasteiger charge is -2.06. The molecule has 8 nitrogen and oxygen atoms in total. The molecule has 3 heterocycles. The predicted octanol–water partition coefficient (Wildman–Crippen LogP) is 4.62. The minimum absolute atomic E-state index is 0.284. The average Bonchev–Trinajstić information content (AvgIpc) is 3.52. The van der Waals surface area contributed by atoms with Crippen LogP contribution in [0.2, 0.25) is 0 Å². The van der Waals surface area contributed by atoms with Gasteiger partial charge in [0.1, 0.15) is 6.67 Å². The molecule has 0 radical (unpaired) electrons. The zero-order valence-corrected chi connectivity index (χ0v) is 19.8. The zero-order chi connectivity index (χ0) is 22.9. The molecule has 0 fully saturated rings. The molecule has 5 aromatic rings. The molecule has 33 heavy (non-hydrogen) atoms. The Morgan fingerprint density at radius 3 is 2.67 bits per heavy atom. The molecule has 2 aromatic carbocycles. The van der Waals surface area contributed by atoms with Gasteiger partial charge in [-0.3, -0.25) is 14.2 Å². The molecule has 0 unspecified atom stereocenters. The molecule has 1 N–H and O–H groups in total. The topological polar surface area (TPSA) is 82.6 Å². The van der Waals surface area contributed by atoms with Gasteiger partial charge in [0.15, 0.2) is 5.69 Å². The lowest BCUT2D eigenvalue weighted by atomic mass is 10.0. The molecule has 1 amide bonds. The highest BCUT2D eigenvalue weighted by atomic mass is 79.9. The predicted molar refractivity (Wildman–Crippen MR) is 130 cm³/mol. The first kappa shape index (κ1) is 21.1. The fourth-order valence-electron chi connectivity index (χ4n) is 3.83. The van der Waals surface area contributed by atoms with Gasteiger partial charge in [0.25, 0.3) is 5.91 Å². The summed E-state index contributed by atoms with van der Waals surface area (Å²) in [5.74, 6) is -0.284. The summed E-state index contributed by atoms with van der Waals surface area (Å²) < 4.78 is 6.32. The highest BCUT2D eigenvalue weighted by Crippen LogP contribution is 2.21. The maximum atomic E-state index is 12.7. The Morgan fingerprint density at radius 2 is 1.85 bits per heavy atom. The lowest BCUT2D eigenvalue weighted by Crippen LogP contribution is -2.15. The van der Waals surface area contributed by atoms with Gasteiger partial charge >= 0.3 is 0 Å². The molecule has 0 saturated heterocycles. The minimum Gasteiger partial charge on any atom is -0.318 e. The maximum Gasteiger partial charge on any atom is 0.276 e. The van der Waals surface area contributed by atoms with Gasteiger partial charge in [0.05, 0.1) is 34.3 Å². The summed E-state index contributed by atoms with van der Waals surface area (Å²) >= 11 is 3.53. The van der Waals surface area contributed by atoms with Gasteiger partial charge < -0.3 is 5.32 Å². The number of rotatable bonds is 6. The van der Waals surface area contributed by atoms with Gasteiger partial charge in [0.2, 0.25) is 0 Å². The van der Waals surface area contributed by atoms with Gasteiger partial charge in [-0.05, 0) is 52.2 Å². The van der Waals surface area contributed by atoms with Crippen LogP contribution in [0.1, 0.15) is 27.4 Å². The van der Waals surface area contributed by atoms with E-state index in [1.54, 1.807) is 23.1 Å². The summed E-state index contributed by atoms with van der Waals surface area (Å²) in [5.41, 5.74) is 4.05. The number of benzene rings is 2. The van der Waals surface area contributed by atoms with Crippen LogP contribution in [0.15, 0.2) is 71.6 Å². The van der Waals surface area contributed by atoms with Crippen LogP contribution >= 0.6 is 15.9 Å². The fourth-order valence-corrected chi connectivity index (χ4v) is 4.11. The number of amides is 1. The van der Waals surface area contributed by atoms with E-state index in [2.05, 4.69) is 60.8 Å². The Bertz CT molecular complexity index is 1460. The maximum absolute atomic E-state index is 12.7. The Kier molecular flexibility index (Phi) is 5.55. The number of anilines is 1. The number of fused-ring (bicyclic) bond motifs is 1. The van der Waals surface area contributed by atoms with E-state index in [0.717, 1.165) is 15.9 Å². The second kappa shape index (κ2) is 8.67. The summed E-state index contributed by atoms with van der Waals surface area (Å²) in [7, 11) is 0. The van der Waals surface area contributed by atoms with E-state index in [9.17, 15) is 4.79 Å². The number of aryl methyl sites for hydroxylation is 1. The number of nitrogens with zero attached hydrogens (tertiary/aromatic N) is 6. The monoisotopic (exact) mass is 503 g/mol. The summed E-state index contributed by atoms with van der Waals surface area (Å²) in [6.07, 6.45) is 5.24. The van der Waals surface area contributed by atoms with E-state index in [0.29, 0.717) is 24.6 Å². The first-order valence-corrected chi connectivity index (χ1v) is 11.3. The van der Waals surface area contributed by atoms with E-state index in [-0.39, 0.29) is 5.91 Å². The smallest absolute Gasteiger partial charge is 0.276 e. The molecular weight excluding hydrogens is 482 g/mol. The summed E-state index contributed by atoms with van der Waals surface area (Å²) in [6, 6.07) is 16.2. The molecule has 0 atom stereocenters. The standard InChI is InChI=1S/C24H22BrN7O/c1-16-23(25)17(2)32(28-16)15-30-11-10-22(29-30)24(33)27-20-12-26-31(14-20)13-19-8-5-7-18-6-3-4-9-21(18)19/h3-12,14H,13,15H2,1-2H3,(H,27,33). The summed E-state index contributed by atoms with van der Waals surface area (Å²) in [5, 5.41) is 18.5. The highest BCUT2D eigenvalue weighted by Gasteiger charge is 2.13. The van der Waals surface area contributed by atoms with Crippen LogP contribution in [0, 0.1) is 13.8 Å². The van der Waals surface area contributed by atoms with E-state index in [4.69, 9.17) is 0 Å². The van der Waals surface area contributed by atoms with Gasteiger partial charge in [-0.15, -0.1) is 0 Å². The summed E-state index contributed by atoms with van der Waals surface area (Å²) in [6.45, 7) is 4.96. The van der Waals surface area contributed by atoms with Crippen molar-refractivity contribution in [3.05, 3.63) is 94.2 Å². The van der Waals surface area contributed by atoms with Crippen molar-refractivity contribution in [3.63, 3.8) is 0 Å². The second-order valence-electron chi connectivity index (χ2n) is 7.89. The van der Waals surface area contributed by atoms with Crippen LogP contribution in [0.3, 0.4) is 0 Å². The summed E-state index contributed by atoms with van der Waals surface area (Å²) in [4.78, 5) is 12.7. The molecule has 9 heteroatoms. The molecule has 3 aromatic heterocycles. The van der Waals surface area contributed by atoms with Crippen molar-refractivity contribution >= 4 is 38.3 Å². The molecule has 5 rings (SSSR count). The molecule has 0 aliphatic rings. The third kappa shape index (κ3) is 4.31. The number of hydrogen-bond acceptors (Lipinski definition) is 4. The van der Waals surface area contributed by atoms with Crippen molar-refractivity contribution in [2.24, 2.45) is 0 Å². The van der Waals surface area contributed by atoms with Crippen LogP contribution in [-0.4, -0.2) is 35.2 Å². The number of carbonyl (C=O) groups excluding carboxylic acids is 1. The Labute approximate surface area is 199 Å². The quantitative estimate of drug-likeness (QED) is 0.366. The molecule has 166 valence electrons. The van der Waals surface area contributed by atoms with Crippen molar-refractivity contribution in [2.45, 2.75) is 27.1 Å². The Hall–Kier alpha value is -3.72. The second-order valence-corrected chi connectivity index (χ2v) is 8.68. The molecule has 0 aliphatic carbocycles. The number of halogens is 1. The first-order chi connectivity index (χ1) is 16.0.